The first-order valence-electron chi connectivity index (χ1n) is 11.2. The number of piperazine rings is 1. The van der Waals surface area contributed by atoms with Crippen LogP contribution in [0.4, 0.5) is 23.4 Å². The number of hydrogen-bond acceptors (Lipinski definition) is 5. The first-order valence-corrected chi connectivity index (χ1v) is 11.2. The molecule has 0 aliphatic carbocycles. The molecule has 188 valence electrons. The number of benzene rings is 1. The first kappa shape index (κ1) is 24.9. The molecule has 1 aliphatic rings. The van der Waals surface area contributed by atoms with Gasteiger partial charge in [-0.05, 0) is 45.9 Å². The molecule has 2 aromatic heterocycles. The van der Waals surface area contributed by atoms with E-state index in [1.165, 1.54) is 36.2 Å². The summed E-state index contributed by atoms with van der Waals surface area (Å²) in [6, 6.07) is 4.66. The van der Waals surface area contributed by atoms with Gasteiger partial charge in [-0.3, -0.25) is 4.79 Å². The van der Waals surface area contributed by atoms with Crippen molar-refractivity contribution < 1.29 is 27.1 Å². The van der Waals surface area contributed by atoms with E-state index in [2.05, 4.69) is 9.97 Å². The van der Waals surface area contributed by atoms with E-state index in [9.17, 15) is 22.4 Å². The Morgan fingerprint density at radius 2 is 1.83 bits per heavy atom. The largest absolute Gasteiger partial charge is 0.418 e. The van der Waals surface area contributed by atoms with Crippen LogP contribution in [0, 0.1) is 5.82 Å². The van der Waals surface area contributed by atoms with Gasteiger partial charge in [-0.1, -0.05) is 6.07 Å². The molecule has 1 fully saturated rings. The van der Waals surface area contributed by atoms with Gasteiger partial charge >= 0.3 is 6.18 Å². The Labute approximate surface area is 200 Å². The Morgan fingerprint density at radius 3 is 2.46 bits per heavy atom. The van der Waals surface area contributed by atoms with E-state index in [1.54, 1.807) is 23.6 Å². The van der Waals surface area contributed by atoms with Crippen LogP contribution in [0.5, 0.6) is 0 Å². The Morgan fingerprint density at radius 1 is 1.11 bits per heavy atom. The van der Waals surface area contributed by atoms with E-state index in [-0.39, 0.29) is 53.6 Å². The second-order valence-corrected chi connectivity index (χ2v) is 9.31. The summed E-state index contributed by atoms with van der Waals surface area (Å²) in [5.74, 6) is -0.649. The quantitative estimate of drug-likeness (QED) is 0.504. The molecule has 1 aliphatic heterocycles. The highest BCUT2D eigenvalue weighted by molar-refractivity contribution is 5.93. The second kappa shape index (κ2) is 8.78. The number of ether oxygens (including phenoxy) is 1. The van der Waals surface area contributed by atoms with Gasteiger partial charge in [0.15, 0.2) is 5.65 Å². The van der Waals surface area contributed by atoms with Crippen LogP contribution in [0.15, 0.2) is 36.8 Å². The molecule has 3 aromatic rings. The Bertz CT molecular complexity index is 1260. The molecule has 35 heavy (non-hydrogen) atoms. The molecule has 2 atom stereocenters. The van der Waals surface area contributed by atoms with Crippen LogP contribution in [0.2, 0.25) is 0 Å². The molecule has 4 rings (SSSR count). The third-order valence-electron chi connectivity index (χ3n) is 6.50. The van der Waals surface area contributed by atoms with E-state index in [0.717, 1.165) is 12.3 Å². The topological polar surface area (TPSA) is 63.5 Å². The maximum atomic E-state index is 14.2. The summed E-state index contributed by atoms with van der Waals surface area (Å²) in [4.78, 5) is 24.8. The molecule has 7 nitrogen and oxygen atoms in total. The zero-order valence-electron chi connectivity index (χ0n) is 20.1. The number of methoxy groups -OCH3 is 1. The van der Waals surface area contributed by atoms with Crippen LogP contribution in [-0.4, -0.2) is 63.2 Å². The van der Waals surface area contributed by atoms with Crippen molar-refractivity contribution >= 4 is 22.8 Å². The fourth-order valence-corrected chi connectivity index (χ4v) is 4.44. The molecule has 1 aromatic carbocycles. The van der Waals surface area contributed by atoms with Gasteiger partial charge in [0.25, 0.3) is 5.91 Å². The molecule has 0 spiro atoms. The molecule has 0 unspecified atom stereocenters. The molecule has 1 saturated heterocycles. The predicted octanol–water partition coefficient (Wildman–Crippen LogP) is 4.43. The van der Waals surface area contributed by atoms with Crippen LogP contribution < -0.4 is 4.90 Å². The van der Waals surface area contributed by atoms with Crippen LogP contribution in [0.1, 0.15) is 33.3 Å². The number of anilines is 1. The van der Waals surface area contributed by atoms with E-state index >= 15 is 0 Å². The number of nitrogens with zero attached hydrogens (tertiary/aromatic N) is 5. The van der Waals surface area contributed by atoms with Crippen molar-refractivity contribution in [2.75, 3.05) is 25.1 Å². The monoisotopic (exact) mass is 493 g/mol. The molecule has 3 heterocycles. The van der Waals surface area contributed by atoms with Crippen molar-refractivity contribution in [3.8, 4) is 5.69 Å². The SMILES string of the molecule is COC(C)(C)C(=O)N1C[C@H](C)N(c2ncnc3c2c(C(F)(F)F)cn3-c2cccc(F)c2)C[C@H]1C. The van der Waals surface area contributed by atoms with E-state index < -0.39 is 23.2 Å². The van der Waals surface area contributed by atoms with Gasteiger partial charge in [0.05, 0.1) is 10.9 Å². The van der Waals surface area contributed by atoms with Crippen LogP contribution in [-0.2, 0) is 15.7 Å². The molecule has 0 bridgehead atoms. The first-order chi connectivity index (χ1) is 16.3. The zero-order chi connectivity index (χ0) is 25.7. The predicted molar refractivity (Wildman–Crippen MR) is 123 cm³/mol. The van der Waals surface area contributed by atoms with Crippen molar-refractivity contribution in [2.45, 2.75) is 51.6 Å². The molecule has 0 saturated carbocycles. The van der Waals surface area contributed by atoms with E-state index in [4.69, 9.17) is 4.74 Å². The maximum Gasteiger partial charge on any atom is 0.418 e. The minimum absolute atomic E-state index is 0.0202. The number of alkyl halides is 3. The Kier molecular flexibility index (Phi) is 6.25. The van der Waals surface area contributed by atoms with Gasteiger partial charge in [-0.25, -0.2) is 14.4 Å². The maximum absolute atomic E-state index is 14.2. The van der Waals surface area contributed by atoms with Crippen LogP contribution >= 0.6 is 0 Å². The van der Waals surface area contributed by atoms with Gasteiger partial charge in [0.1, 0.15) is 23.6 Å². The summed E-state index contributed by atoms with van der Waals surface area (Å²) < 4.78 is 62.9. The summed E-state index contributed by atoms with van der Waals surface area (Å²) in [7, 11) is 1.46. The molecule has 0 radical (unpaired) electrons. The van der Waals surface area contributed by atoms with Crippen LogP contribution in [0.3, 0.4) is 0 Å². The fraction of sp³-hybridized carbons (Fsp3) is 0.458. The number of halogens is 4. The molecule has 0 N–H and O–H groups in total. The lowest BCUT2D eigenvalue weighted by atomic mass is 10.0. The van der Waals surface area contributed by atoms with Crippen molar-refractivity contribution in [1.29, 1.82) is 0 Å². The number of amides is 1. The Hall–Kier alpha value is -3.21. The minimum atomic E-state index is -4.69. The van der Waals surface area contributed by atoms with Gasteiger partial charge in [-0.2, -0.15) is 13.2 Å². The molecule has 1 amide bonds. The lowest BCUT2D eigenvalue weighted by molar-refractivity contribution is -0.154. The van der Waals surface area contributed by atoms with E-state index in [1.807, 2.05) is 13.8 Å². The standard InChI is InChI=1S/C24H27F4N5O2/c1-14-11-32(22(34)23(3,4)35-5)15(2)10-31(14)20-19-18(24(26,27)28)12-33(21(19)30-13-29-20)17-8-6-7-16(25)9-17/h6-9,12-15H,10-11H2,1-5H3/t14-,15+/m0/s1. The number of carbonyl (C=O) groups excluding carboxylic acids is 1. The number of aromatic nitrogens is 3. The van der Waals surface area contributed by atoms with E-state index in [0.29, 0.717) is 0 Å². The summed E-state index contributed by atoms with van der Waals surface area (Å²) >= 11 is 0. The smallest absolute Gasteiger partial charge is 0.369 e. The minimum Gasteiger partial charge on any atom is -0.369 e. The van der Waals surface area contributed by atoms with Crippen LogP contribution in [0.25, 0.3) is 16.7 Å². The molecule has 11 heteroatoms. The third kappa shape index (κ3) is 4.44. The van der Waals surface area contributed by atoms with Gasteiger partial charge in [-0.15, -0.1) is 0 Å². The van der Waals surface area contributed by atoms with Crippen molar-refractivity contribution in [2.24, 2.45) is 0 Å². The highest BCUT2D eigenvalue weighted by atomic mass is 19.4. The summed E-state index contributed by atoms with van der Waals surface area (Å²) in [6.45, 7) is 7.57. The summed E-state index contributed by atoms with van der Waals surface area (Å²) in [5, 5.41) is -0.166. The normalized spacial score (nSPS) is 19.5. The summed E-state index contributed by atoms with van der Waals surface area (Å²) in [5.41, 5.74) is -1.70. The van der Waals surface area contributed by atoms with Crippen molar-refractivity contribution in [1.82, 2.24) is 19.4 Å². The Balaban J connectivity index is 1.81. The molecular weight excluding hydrogens is 466 g/mol. The van der Waals surface area contributed by atoms with Gasteiger partial charge < -0.3 is 19.1 Å². The van der Waals surface area contributed by atoms with Crippen molar-refractivity contribution in [3.63, 3.8) is 0 Å². The number of fused-ring (bicyclic) bond motifs is 1. The fourth-order valence-electron chi connectivity index (χ4n) is 4.44. The number of hydrogen-bond donors (Lipinski definition) is 0. The third-order valence-corrected chi connectivity index (χ3v) is 6.50. The lowest BCUT2D eigenvalue weighted by Gasteiger charge is -2.46. The number of carbonyl (C=O) groups is 1. The summed E-state index contributed by atoms with van der Waals surface area (Å²) in [6.07, 6.45) is -2.56. The average molecular weight is 494 g/mol. The highest BCUT2D eigenvalue weighted by Gasteiger charge is 2.42. The average Bonchev–Trinajstić information content (AvgIpc) is 3.20. The van der Waals surface area contributed by atoms with Gasteiger partial charge in [0.2, 0.25) is 0 Å². The van der Waals surface area contributed by atoms with Crippen molar-refractivity contribution in [3.05, 3.63) is 48.2 Å². The highest BCUT2D eigenvalue weighted by Crippen LogP contribution is 2.41. The lowest BCUT2D eigenvalue weighted by Crippen LogP contribution is -2.62. The second-order valence-electron chi connectivity index (χ2n) is 9.31. The van der Waals surface area contributed by atoms with Gasteiger partial charge in [0, 0.05) is 44.2 Å². The molecular formula is C24H27F4N5O2. The number of rotatable bonds is 4. The zero-order valence-corrected chi connectivity index (χ0v) is 20.1.